The van der Waals surface area contributed by atoms with Crippen molar-refractivity contribution in [3.05, 3.63) is 33.8 Å². The molecule has 3 saturated heterocycles. The number of phenolic OH excluding ortho intramolecular Hbond substituents is 2. The van der Waals surface area contributed by atoms with Gasteiger partial charge in [0.2, 0.25) is 16.4 Å². The Morgan fingerprint density at radius 2 is 1.84 bits per heavy atom. The van der Waals surface area contributed by atoms with Gasteiger partial charge in [0.15, 0.2) is 22.3 Å². The lowest BCUT2D eigenvalue weighted by atomic mass is 10.1. The van der Waals surface area contributed by atoms with Crippen LogP contribution in [0.3, 0.4) is 0 Å². The number of phenols is 2. The summed E-state index contributed by atoms with van der Waals surface area (Å²) in [6.07, 6.45) is 0. The summed E-state index contributed by atoms with van der Waals surface area (Å²) >= 11 is 7.40. The van der Waals surface area contributed by atoms with Gasteiger partial charge < -0.3 is 46.5 Å². The lowest BCUT2D eigenvalue weighted by Gasteiger charge is -2.41. The van der Waals surface area contributed by atoms with Crippen LogP contribution in [0.2, 0.25) is 5.02 Å². The number of amides is 7. The molecule has 0 aliphatic carbocycles. The number of nitrogens with two attached hydrogens (primary N) is 1. The number of thiazole rings is 1. The van der Waals surface area contributed by atoms with Crippen LogP contribution in [0.4, 0.5) is 14.7 Å². The number of hydrogen-bond acceptors (Lipinski definition) is 17. The summed E-state index contributed by atoms with van der Waals surface area (Å²) in [5.41, 5.74) is 4.95. The minimum atomic E-state index is -4.59. The summed E-state index contributed by atoms with van der Waals surface area (Å²) in [5.74, 6) is -6.85. The van der Waals surface area contributed by atoms with Gasteiger partial charge in [-0.1, -0.05) is 28.5 Å². The first kappa shape index (κ1) is 42.3. The first-order valence-corrected chi connectivity index (χ1v) is 19.6. The number of nitrogen functional groups attached to an aromatic ring is 1. The van der Waals surface area contributed by atoms with Crippen LogP contribution in [-0.4, -0.2) is 151 Å². The van der Waals surface area contributed by atoms with Crippen molar-refractivity contribution in [3.63, 3.8) is 0 Å². The number of carbonyl (C=O) groups is 7. The lowest BCUT2D eigenvalue weighted by Crippen LogP contribution is -2.68. The second kappa shape index (κ2) is 16.0. The molecule has 3 aliphatic rings. The summed E-state index contributed by atoms with van der Waals surface area (Å²) in [6, 6.07) is -1.71. The van der Waals surface area contributed by atoms with E-state index in [1.165, 1.54) is 19.2 Å². The van der Waals surface area contributed by atoms with E-state index in [4.69, 9.17) is 22.2 Å². The molecule has 1 aromatic heterocycles. The third-order valence-electron chi connectivity index (χ3n) is 8.27. The number of thioether (sulfide) groups is 1. The number of benzene rings is 1. The number of hydrazine groups is 1. The van der Waals surface area contributed by atoms with Crippen molar-refractivity contribution in [1.29, 1.82) is 0 Å². The van der Waals surface area contributed by atoms with Crippen molar-refractivity contribution >= 4 is 97.5 Å². The number of fused-ring (bicyclic) bond motifs is 1. The molecule has 3 atom stereocenters. The van der Waals surface area contributed by atoms with Gasteiger partial charge >= 0.3 is 34.2 Å². The second-order valence-electron chi connectivity index (χ2n) is 12.5. The number of halogens is 1. The average molecular weight is 878 g/mol. The molecule has 25 nitrogen and oxygen atoms in total. The standard InChI is InChI=1S/C28H32ClN11O14S3/c1-27(2,22(46)47)54-36-15(12-9-55-24(30)33-12)19(44)34-16-20(45)38-10-28(23(48)49,56-21(16)38)39-7-8-40(26(39)51)35-25(50)37-57(52,53)32-6-5-31-18(43)11-3-4-13(41)17(42)14(11)29/h3-4,9,16,21,32,41-42H,5-8,10H2,1-2H3,(H2,30,33)(H,31,43)(H,34,44)(H,46,47)(H,48,49)(H2,35,37,50)/b36-15-/t16?,21-,28-/m1/s1. The summed E-state index contributed by atoms with van der Waals surface area (Å²) < 4.78 is 28.4. The fraction of sp³-hybridized carbons (Fsp3) is 0.393. The van der Waals surface area contributed by atoms with Gasteiger partial charge in [0.05, 0.1) is 23.7 Å². The van der Waals surface area contributed by atoms with Crippen LogP contribution in [0.1, 0.15) is 29.9 Å². The summed E-state index contributed by atoms with van der Waals surface area (Å²) in [5, 5.41) is 47.8. The summed E-state index contributed by atoms with van der Waals surface area (Å²) in [4.78, 5) is 97.9. The largest absolute Gasteiger partial charge is 0.504 e. The number of nitrogens with one attached hydrogen (secondary N) is 5. The van der Waals surface area contributed by atoms with Crippen molar-refractivity contribution < 1.29 is 67.2 Å². The minimum Gasteiger partial charge on any atom is -0.504 e. The maximum atomic E-state index is 13.4. The highest BCUT2D eigenvalue weighted by atomic mass is 35.5. The van der Waals surface area contributed by atoms with Crippen molar-refractivity contribution in [2.75, 3.05) is 38.5 Å². The van der Waals surface area contributed by atoms with E-state index in [9.17, 15) is 62.4 Å². The molecule has 0 spiro atoms. The maximum absolute atomic E-state index is 13.4. The molecule has 4 heterocycles. The van der Waals surface area contributed by atoms with E-state index < -0.39 is 109 Å². The number of carboxylic acids is 2. The van der Waals surface area contributed by atoms with E-state index in [1.807, 2.05) is 10.1 Å². The zero-order chi connectivity index (χ0) is 42.2. The average Bonchev–Trinajstić information content (AvgIpc) is 3.83. The van der Waals surface area contributed by atoms with E-state index in [1.54, 1.807) is 4.72 Å². The molecular formula is C28H32ClN11O14S3. The third kappa shape index (κ3) is 8.62. The van der Waals surface area contributed by atoms with E-state index in [0.717, 1.165) is 33.3 Å². The molecule has 0 bridgehead atoms. The van der Waals surface area contributed by atoms with Gasteiger partial charge in [-0.3, -0.25) is 19.3 Å². The molecule has 0 saturated carbocycles. The molecule has 5 rings (SSSR count). The number of aromatic hydroxyl groups is 2. The topological polar surface area (TPSA) is 365 Å². The smallest absolute Gasteiger partial charge is 0.350 e. The SMILES string of the molecule is CC(C)(O/N=C(\C(=O)NC1C(=O)N2C[C@@](C(=O)O)(N3CCN(NC(=O)NS(=O)(=O)NCCNC(=O)c4ccc(O)c(O)c4Cl)C3=O)S[C@H]12)c1csc(N)n1)C(=O)O. The van der Waals surface area contributed by atoms with Crippen LogP contribution < -0.4 is 31.2 Å². The number of anilines is 1. The number of nitrogens with zero attached hydrogens (tertiary/aromatic N) is 5. The fourth-order valence-electron chi connectivity index (χ4n) is 5.28. The van der Waals surface area contributed by atoms with E-state index in [2.05, 4.69) is 20.8 Å². The first-order valence-electron chi connectivity index (χ1n) is 16.0. The molecule has 1 unspecified atom stereocenters. The number of carbonyl (C=O) groups excluding carboxylic acids is 5. The monoisotopic (exact) mass is 877 g/mol. The number of carboxylic acid groups (broad SMARTS) is 2. The Morgan fingerprint density at radius 3 is 2.47 bits per heavy atom. The predicted octanol–water partition coefficient (Wildman–Crippen LogP) is -2.23. The molecule has 1 aromatic carbocycles. The lowest BCUT2D eigenvalue weighted by molar-refractivity contribution is -0.161. The molecule has 11 N–H and O–H groups in total. The van der Waals surface area contributed by atoms with Crippen LogP contribution >= 0.6 is 34.7 Å². The number of oxime groups is 1. The highest BCUT2D eigenvalue weighted by Gasteiger charge is 2.66. The van der Waals surface area contributed by atoms with Gasteiger partial charge in [0.25, 0.3) is 11.8 Å². The molecule has 3 aliphatic heterocycles. The molecular weight excluding hydrogens is 846 g/mol. The van der Waals surface area contributed by atoms with Gasteiger partial charge in [-0.2, -0.15) is 13.1 Å². The van der Waals surface area contributed by atoms with Crippen LogP contribution in [0.5, 0.6) is 11.5 Å². The van der Waals surface area contributed by atoms with Crippen molar-refractivity contribution in [1.82, 2.24) is 45.3 Å². The predicted molar refractivity (Wildman–Crippen MR) is 196 cm³/mol. The highest BCUT2D eigenvalue weighted by Crippen LogP contribution is 2.49. The Balaban J connectivity index is 1.17. The van der Waals surface area contributed by atoms with Gasteiger partial charge in [-0.05, 0) is 26.0 Å². The van der Waals surface area contributed by atoms with Crippen LogP contribution in [0, 0.1) is 0 Å². The fourth-order valence-corrected chi connectivity index (χ4v) is 8.44. The summed E-state index contributed by atoms with van der Waals surface area (Å²) in [7, 11) is -4.59. The Bertz CT molecular complexity index is 2190. The van der Waals surface area contributed by atoms with Crippen LogP contribution in [-0.2, 0) is 34.2 Å². The Kier molecular flexibility index (Phi) is 11.8. The number of urea groups is 2. The van der Waals surface area contributed by atoms with E-state index in [-0.39, 0.29) is 36.0 Å². The number of hydrogen-bond donors (Lipinski definition) is 10. The Morgan fingerprint density at radius 1 is 1.14 bits per heavy atom. The van der Waals surface area contributed by atoms with Gasteiger partial charge in [0, 0.05) is 25.0 Å². The molecule has 3 fully saturated rings. The van der Waals surface area contributed by atoms with Gasteiger partial charge in [0.1, 0.15) is 17.1 Å². The normalized spacial score (nSPS) is 20.8. The number of aliphatic carboxylic acids is 2. The number of aromatic nitrogens is 1. The second-order valence-corrected chi connectivity index (χ2v) is 16.7. The molecule has 7 amide bonds. The third-order valence-corrected chi connectivity index (χ3v) is 12.1. The quantitative estimate of drug-likeness (QED) is 0.0298. The number of β-lactam (4-membered cyclic amide) rings is 1. The first-order chi connectivity index (χ1) is 26.6. The molecule has 57 heavy (non-hydrogen) atoms. The molecule has 308 valence electrons. The maximum Gasteiger partial charge on any atom is 0.350 e. The minimum absolute atomic E-state index is 0.0293. The number of rotatable bonds is 15. The molecule has 2 aromatic rings. The highest BCUT2D eigenvalue weighted by molar-refractivity contribution is 8.02. The molecule has 29 heteroatoms. The summed E-state index contributed by atoms with van der Waals surface area (Å²) in [6.45, 7) is 0.389. The van der Waals surface area contributed by atoms with E-state index >= 15 is 0 Å². The van der Waals surface area contributed by atoms with E-state index in [0.29, 0.717) is 16.8 Å². The Labute approximate surface area is 333 Å². The van der Waals surface area contributed by atoms with Gasteiger partial charge in [-0.15, -0.1) is 11.3 Å². The van der Waals surface area contributed by atoms with Crippen LogP contribution in [0.15, 0.2) is 22.7 Å². The zero-order valence-corrected chi connectivity index (χ0v) is 32.4. The zero-order valence-electron chi connectivity index (χ0n) is 29.2. The van der Waals surface area contributed by atoms with Crippen molar-refractivity contribution in [2.45, 2.75) is 35.7 Å². The van der Waals surface area contributed by atoms with Gasteiger partial charge in [-0.25, -0.2) is 39.3 Å². The Hall–Kier alpha value is -5.84. The van der Waals surface area contributed by atoms with Crippen molar-refractivity contribution in [3.8, 4) is 11.5 Å². The van der Waals surface area contributed by atoms with Crippen LogP contribution in [0.25, 0.3) is 0 Å². The van der Waals surface area contributed by atoms with Crippen molar-refractivity contribution in [2.24, 2.45) is 5.16 Å². The molecule has 0 radical (unpaired) electrons.